The molecule has 0 saturated carbocycles. The minimum Gasteiger partial charge on any atom is -0.489 e. The molecule has 88 valence electrons. The first-order valence-electron chi connectivity index (χ1n) is 5.78. The summed E-state index contributed by atoms with van der Waals surface area (Å²) in [6.07, 6.45) is 1.42. The number of ether oxygens (including phenoxy) is 1. The van der Waals surface area contributed by atoms with Gasteiger partial charge in [0, 0.05) is 5.56 Å². The van der Waals surface area contributed by atoms with E-state index < -0.39 is 0 Å². The average Bonchev–Trinajstić information content (AvgIpc) is 2.97. The molecule has 0 saturated heterocycles. The zero-order chi connectivity index (χ0) is 11.7. The second-order valence-corrected chi connectivity index (χ2v) is 5.08. The van der Waals surface area contributed by atoms with E-state index >= 15 is 0 Å². The van der Waals surface area contributed by atoms with Crippen molar-refractivity contribution in [1.29, 1.82) is 0 Å². The van der Waals surface area contributed by atoms with Gasteiger partial charge in [0.15, 0.2) is 0 Å². The predicted octanol–water partition coefficient (Wildman–Crippen LogP) is 3.31. The molecule has 0 bridgehead atoms. The predicted molar refractivity (Wildman–Crippen MR) is 68.4 cm³/mol. The molecule has 0 radical (unpaired) electrons. The van der Waals surface area contributed by atoms with E-state index in [9.17, 15) is 5.11 Å². The Labute approximate surface area is 104 Å². The number of fused-ring (bicyclic) bond motifs is 1. The van der Waals surface area contributed by atoms with Crippen LogP contribution in [0, 0.1) is 0 Å². The van der Waals surface area contributed by atoms with Crippen LogP contribution in [-0.4, -0.2) is 5.11 Å². The zero-order valence-corrected chi connectivity index (χ0v) is 10.2. The Bertz CT molecular complexity index is 505. The molecule has 17 heavy (non-hydrogen) atoms. The summed E-state index contributed by atoms with van der Waals surface area (Å²) in [5, 5.41) is 14.0. The van der Waals surface area contributed by atoms with Crippen molar-refractivity contribution in [2.24, 2.45) is 0 Å². The molecule has 2 aromatic rings. The minimum atomic E-state index is -0.310. The van der Waals surface area contributed by atoms with Gasteiger partial charge in [-0.3, -0.25) is 0 Å². The number of benzene rings is 1. The molecule has 2 nitrogen and oxygen atoms in total. The van der Waals surface area contributed by atoms with E-state index in [2.05, 4.69) is 16.8 Å². The fraction of sp³-hybridized carbons (Fsp3) is 0.286. The van der Waals surface area contributed by atoms with Gasteiger partial charge in [0.25, 0.3) is 0 Å². The lowest BCUT2D eigenvalue weighted by atomic mass is 10.1. The van der Waals surface area contributed by atoms with Crippen molar-refractivity contribution in [1.82, 2.24) is 0 Å². The third kappa shape index (κ3) is 2.08. The van der Waals surface area contributed by atoms with E-state index in [0.717, 1.165) is 24.2 Å². The summed E-state index contributed by atoms with van der Waals surface area (Å²) in [6, 6.07) is 8.01. The van der Waals surface area contributed by atoms with Gasteiger partial charge in [-0.2, -0.15) is 11.3 Å². The van der Waals surface area contributed by atoms with Crippen LogP contribution in [0.3, 0.4) is 0 Å². The summed E-state index contributed by atoms with van der Waals surface area (Å²) < 4.78 is 5.84. The highest BCUT2D eigenvalue weighted by Crippen LogP contribution is 2.36. The molecule has 3 rings (SSSR count). The van der Waals surface area contributed by atoms with Gasteiger partial charge in [0.05, 0.1) is 6.10 Å². The van der Waals surface area contributed by atoms with Crippen LogP contribution < -0.4 is 4.74 Å². The smallest absolute Gasteiger partial charge is 0.123 e. The van der Waals surface area contributed by atoms with Gasteiger partial charge < -0.3 is 9.84 Å². The van der Waals surface area contributed by atoms with Crippen LogP contribution >= 0.6 is 11.3 Å². The molecule has 1 atom stereocenters. The van der Waals surface area contributed by atoms with Crippen LogP contribution in [-0.2, 0) is 13.0 Å². The molecule has 1 N–H and O–H groups in total. The number of thiophene rings is 1. The number of hydrogen-bond acceptors (Lipinski definition) is 3. The van der Waals surface area contributed by atoms with Gasteiger partial charge in [-0.05, 0) is 46.9 Å². The van der Waals surface area contributed by atoms with Crippen LogP contribution in [0.1, 0.15) is 29.2 Å². The average molecular weight is 246 g/mol. The van der Waals surface area contributed by atoms with Crippen LogP contribution in [0.4, 0.5) is 0 Å². The Morgan fingerprint density at radius 1 is 1.35 bits per heavy atom. The van der Waals surface area contributed by atoms with Crippen molar-refractivity contribution >= 4 is 11.3 Å². The van der Waals surface area contributed by atoms with E-state index in [4.69, 9.17) is 4.74 Å². The van der Waals surface area contributed by atoms with Gasteiger partial charge >= 0.3 is 0 Å². The summed E-state index contributed by atoms with van der Waals surface area (Å²) in [6.45, 7) is 0.607. The van der Waals surface area contributed by atoms with E-state index in [0.29, 0.717) is 6.61 Å². The van der Waals surface area contributed by atoms with E-state index in [1.807, 2.05) is 18.2 Å². The lowest BCUT2D eigenvalue weighted by molar-refractivity contribution is 0.180. The number of hydrogen-bond donors (Lipinski definition) is 1. The Morgan fingerprint density at radius 3 is 3.12 bits per heavy atom. The van der Waals surface area contributed by atoms with Gasteiger partial charge in [0.2, 0.25) is 0 Å². The zero-order valence-electron chi connectivity index (χ0n) is 9.43. The quantitative estimate of drug-likeness (QED) is 0.900. The fourth-order valence-corrected chi connectivity index (χ4v) is 2.92. The van der Waals surface area contributed by atoms with E-state index in [-0.39, 0.29) is 6.10 Å². The highest BCUT2D eigenvalue weighted by molar-refractivity contribution is 7.07. The van der Waals surface area contributed by atoms with Crippen molar-refractivity contribution in [2.75, 3.05) is 0 Å². The first kappa shape index (κ1) is 10.8. The highest BCUT2D eigenvalue weighted by Gasteiger charge is 2.23. The Kier molecular flexibility index (Phi) is 2.87. The number of aliphatic hydroxyl groups is 1. The maximum Gasteiger partial charge on any atom is 0.123 e. The molecule has 1 aromatic carbocycles. The summed E-state index contributed by atoms with van der Waals surface area (Å²) >= 11 is 1.68. The molecule has 1 unspecified atom stereocenters. The monoisotopic (exact) mass is 246 g/mol. The molecular formula is C14H14O2S. The molecule has 1 heterocycles. The lowest BCUT2D eigenvalue weighted by Crippen LogP contribution is -1.97. The SMILES string of the molecule is OC1CCc2c(OCc3ccsc3)cccc21. The minimum absolute atomic E-state index is 0.310. The molecule has 0 amide bonds. The van der Waals surface area contributed by atoms with Crippen LogP contribution in [0.15, 0.2) is 35.0 Å². The van der Waals surface area contributed by atoms with E-state index in [1.165, 1.54) is 11.1 Å². The second-order valence-electron chi connectivity index (χ2n) is 4.30. The standard InChI is InChI=1S/C14H14O2S/c15-13-5-4-12-11(13)2-1-3-14(12)16-8-10-6-7-17-9-10/h1-3,6-7,9,13,15H,4-5,8H2. The van der Waals surface area contributed by atoms with Crippen molar-refractivity contribution in [3.63, 3.8) is 0 Å². The molecule has 1 aliphatic rings. The van der Waals surface area contributed by atoms with Crippen LogP contribution in [0.5, 0.6) is 5.75 Å². The highest BCUT2D eigenvalue weighted by atomic mass is 32.1. The summed E-state index contributed by atoms with van der Waals surface area (Å²) in [5.74, 6) is 0.922. The van der Waals surface area contributed by atoms with Gasteiger partial charge in [-0.1, -0.05) is 12.1 Å². The first-order chi connectivity index (χ1) is 8.34. The molecule has 1 aromatic heterocycles. The van der Waals surface area contributed by atoms with E-state index in [1.54, 1.807) is 11.3 Å². The molecule has 3 heteroatoms. The number of rotatable bonds is 3. The summed E-state index contributed by atoms with van der Waals surface area (Å²) in [4.78, 5) is 0. The largest absolute Gasteiger partial charge is 0.489 e. The van der Waals surface area contributed by atoms with Crippen LogP contribution in [0.2, 0.25) is 0 Å². The third-order valence-electron chi connectivity index (χ3n) is 3.17. The van der Waals surface area contributed by atoms with Crippen molar-refractivity contribution in [2.45, 2.75) is 25.6 Å². The topological polar surface area (TPSA) is 29.5 Å². The fourth-order valence-electron chi connectivity index (χ4n) is 2.27. The molecule has 0 fully saturated rings. The lowest BCUT2D eigenvalue weighted by Gasteiger charge is -2.10. The number of aliphatic hydroxyl groups excluding tert-OH is 1. The maximum absolute atomic E-state index is 9.80. The van der Waals surface area contributed by atoms with Gasteiger partial charge in [-0.25, -0.2) is 0 Å². The molecule has 0 aliphatic heterocycles. The molecule has 0 spiro atoms. The van der Waals surface area contributed by atoms with Crippen molar-refractivity contribution < 1.29 is 9.84 Å². The Balaban J connectivity index is 1.80. The maximum atomic E-state index is 9.80. The molecule has 1 aliphatic carbocycles. The van der Waals surface area contributed by atoms with Crippen LogP contribution in [0.25, 0.3) is 0 Å². The third-order valence-corrected chi connectivity index (χ3v) is 3.90. The summed E-state index contributed by atoms with van der Waals surface area (Å²) in [7, 11) is 0. The van der Waals surface area contributed by atoms with Gasteiger partial charge in [0.1, 0.15) is 12.4 Å². The first-order valence-corrected chi connectivity index (χ1v) is 6.72. The van der Waals surface area contributed by atoms with Gasteiger partial charge in [-0.15, -0.1) is 0 Å². The molecular weight excluding hydrogens is 232 g/mol. The summed E-state index contributed by atoms with van der Waals surface area (Å²) in [5.41, 5.74) is 3.41. The normalized spacial score (nSPS) is 18.1. The van der Waals surface area contributed by atoms with Crippen molar-refractivity contribution in [3.8, 4) is 5.75 Å². The second kappa shape index (κ2) is 4.51. The Hall–Kier alpha value is -1.32. The Morgan fingerprint density at radius 2 is 2.29 bits per heavy atom. The van der Waals surface area contributed by atoms with Crippen molar-refractivity contribution in [3.05, 3.63) is 51.7 Å².